The third-order valence-electron chi connectivity index (χ3n) is 2.78. The number of anilines is 1. The molecule has 0 amide bonds. The Balaban J connectivity index is 2.19. The molecule has 0 spiro atoms. The summed E-state index contributed by atoms with van der Waals surface area (Å²) in [5.74, 6) is -0.311. The molecule has 7 heteroatoms. The number of benzene rings is 2. The highest BCUT2D eigenvalue weighted by Crippen LogP contribution is 2.33. The monoisotopic (exact) mass is 426 g/mol. The second kappa shape index (κ2) is 7.42. The highest BCUT2D eigenvalue weighted by atomic mass is 79.9. The summed E-state index contributed by atoms with van der Waals surface area (Å²) >= 11 is 6.82. The van der Waals surface area contributed by atoms with Gasteiger partial charge in [-0.3, -0.25) is 5.43 Å². The lowest BCUT2D eigenvalue weighted by molar-refractivity contribution is 0.0698. The molecule has 2 N–H and O–H groups in total. The first-order valence-electron chi connectivity index (χ1n) is 6.17. The Bertz CT molecular complexity index is 709. The zero-order valence-corrected chi connectivity index (χ0v) is 14.7. The van der Waals surface area contributed by atoms with Gasteiger partial charge in [0.15, 0.2) is 0 Å². The molecule has 0 aliphatic carbocycles. The van der Waals surface area contributed by atoms with Crippen molar-refractivity contribution in [2.24, 2.45) is 5.10 Å². The average molecular weight is 428 g/mol. The van der Waals surface area contributed by atoms with Crippen molar-refractivity contribution in [3.8, 4) is 5.75 Å². The molecular formula is C15H12Br2N2O3. The predicted molar refractivity (Wildman–Crippen MR) is 93.0 cm³/mol. The smallest absolute Gasteiger partial charge is 0.337 e. The summed E-state index contributed by atoms with van der Waals surface area (Å²) in [5, 5.41) is 13.2. The lowest BCUT2D eigenvalue weighted by atomic mass is 10.2. The van der Waals surface area contributed by atoms with E-state index in [1.165, 1.54) is 6.07 Å². The van der Waals surface area contributed by atoms with Gasteiger partial charge in [-0.05, 0) is 61.7 Å². The van der Waals surface area contributed by atoms with E-state index in [4.69, 9.17) is 9.84 Å². The number of methoxy groups -OCH3 is 1. The van der Waals surface area contributed by atoms with E-state index in [0.29, 0.717) is 11.4 Å². The number of hydrogen-bond donors (Lipinski definition) is 2. The zero-order chi connectivity index (χ0) is 16.1. The second-order valence-electron chi connectivity index (χ2n) is 4.24. The summed E-state index contributed by atoms with van der Waals surface area (Å²) in [7, 11) is 1.59. The number of carboxylic acid groups (broad SMARTS) is 1. The van der Waals surface area contributed by atoms with Gasteiger partial charge < -0.3 is 9.84 Å². The van der Waals surface area contributed by atoms with E-state index in [-0.39, 0.29) is 5.56 Å². The third kappa shape index (κ3) is 3.86. The lowest BCUT2D eigenvalue weighted by Gasteiger charge is -2.07. The van der Waals surface area contributed by atoms with E-state index in [2.05, 4.69) is 42.4 Å². The Labute approximate surface area is 144 Å². The summed E-state index contributed by atoms with van der Waals surface area (Å²) in [6.07, 6.45) is 1.59. The Morgan fingerprint density at radius 1 is 1.27 bits per heavy atom. The molecule has 0 aliphatic heterocycles. The molecule has 0 bridgehead atoms. The minimum absolute atomic E-state index is 0.164. The Hall–Kier alpha value is -1.86. The van der Waals surface area contributed by atoms with Crippen LogP contribution in [0, 0.1) is 0 Å². The van der Waals surface area contributed by atoms with Crippen LogP contribution in [0.4, 0.5) is 5.69 Å². The number of rotatable bonds is 5. The van der Waals surface area contributed by atoms with Crippen LogP contribution in [-0.4, -0.2) is 24.4 Å². The molecule has 0 fully saturated rings. The number of aromatic carboxylic acids is 1. The molecule has 0 saturated heterocycles. The summed E-state index contributed by atoms with van der Waals surface area (Å²) < 4.78 is 6.80. The van der Waals surface area contributed by atoms with Crippen LogP contribution >= 0.6 is 31.9 Å². The second-order valence-corrected chi connectivity index (χ2v) is 5.95. The Morgan fingerprint density at radius 2 is 1.91 bits per heavy atom. The number of ether oxygens (including phenoxy) is 1. The fourth-order valence-corrected chi connectivity index (χ4v) is 3.34. The fourth-order valence-electron chi connectivity index (χ4n) is 1.79. The number of nitrogens with zero attached hydrogens (tertiary/aromatic N) is 1. The van der Waals surface area contributed by atoms with E-state index < -0.39 is 5.97 Å². The molecule has 0 heterocycles. The van der Waals surface area contributed by atoms with Crippen molar-refractivity contribution in [2.75, 3.05) is 12.5 Å². The predicted octanol–water partition coefficient (Wildman–Crippen LogP) is 4.36. The summed E-state index contributed by atoms with van der Waals surface area (Å²) in [6, 6.07) is 10.3. The Kier molecular flexibility index (Phi) is 5.57. The largest absolute Gasteiger partial charge is 0.494 e. The molecule has 0 aliphatic rings. The van der Waals surface area contributed by atoms with Crippen molar-refractivity contribution in [3.63, 3.8) is 0 Å². The van der Waals surface area contributed by atoms with Gasteiger partial charge in [-0.25, -0.2) is 4.79 Å². The highest BCUT2D eigenvalue weighted by Gasteiger charge is 2.08. The van der Waals surface area contributed by atoms with Crippen molar-refractivity contribution >= 4 is 49.7 Å². The SMILES string of the molecule is COc1c(Br)cc(C=NNc2ccccc2C(=O)O)cc1Br. The van der Waals surface area contributed by atoms with Crippen molar-refractivity contribution in [1.82, 2.24) is 0 Å². The van der Waals surface area contributed by atoms with Crippen LogP contribution in [0.3, 0.4) is 0 Å². The normalized spacial score (nSPS) is 10.7. The first-order chi connectivity index (χ1) is 10.5. The number of carboxylic acids is 1. The topological polar surface area (TPSA) is 70.9 Å². The van der Waals surface area contributed by atoms with Crippen LogP contribution < -0.4 is 10.2 Å². The van der Waals surface area contributed by atoms with Gasteiger partial charge in [-0.15, -0.1) is 0 Å². The molecule has 2 aromatic carbocycles. The molecule has 0 aromatic heterocycles. The molecular weight excluding hydrogens is 416 g/mol. The number of carbonyl (C=O) groups is 1. The molecule has 0 unspecified atom stereocenters. The highest BCUT2D eigenvalue weighted by molar-refractivity contribution is 9.11. The van der Waals surface area contributed by atoms with Crippen molar-refractivity contribution < 1.29 is 14.6 Å². The minimum Gasteiger partial charge on any atom is -0.494 e. The number of para-hydroxylation sites is 1. The Morgan fingerprint density at radius 3 is 2.50 bits per heavy atom. The van der Waals surface area contributed by atoms with Crippen LogP contribution in [0.5, 0.6) is 5.75 Å². The zero-order valence-electron chi connectivity index (χ0n) is 11.5. The first-order valence-corrected chi connectivity index (χ1v) is 7.76. The molecule has 2 rings (SSSR count). The maximum atomic E-state index is 11.1. The number of hydrogen-bond acceptors (Lipinski definition) is 4. The van der Waals surface area contributed by atoms with Crippen molar-refractivity contribution in [3.05, 3.63) is 56.5 Å². The molecule has 5 nitrogen and oxygen atoms in total. The maximum absolute atomic E-state index is 11.1. The van der Waals surface area contributed by atoms with Gasteiger partial charge in [-0.1, -0.05) is 12.1 Å². The molecule has 0 radical (unpaired) electrons. The quantitative estimate of drug-likeness (QED) is 0.549. The van der Waals surface area contributed by atoms with Crippen LogP contribution in [0.1, 0.15) is 15.9 Å². The number of hydrazone groups is 1. The van der Waals surface area contributed by atoms with Gasteiger partial charge in [0.2, 0.25) is 0 Å². The summed E-state index contributed by atoms with van der Waals surface area (Å²) in [6.45, 7) is 0. The lowest BCUT2D eigenvalue weighted by Crippen LogP contribution is -2.02. The van der Waals surface area contributed by atoms with Crippen LogP contribution in [-0.2, 0) is 0 Å². The fraction of sp³-hybridized carbons (Fsp3) is 0.0667. The maximum Gasteiger partial charge on any atom is 0.337 e. The van der Waals surface area contributed by atoms with Crippen molar-refractivity contribution in [1.29, 1.82) is 0 Å². The first kappa shape index (κ1) is 16.5. The number of nitrogens with one attached hydrogen (secondary N) is 1. The van der Waals surface area contributed by atoms with Gasteiger partial charge in [0.25, 0.3) is 0 Å². The van der Waals surface area contributed by atoms with Gasteiger partial charge >= 0.3 is 5.97 Å². The molecule has 114 valence electrons. The van der Waals surface area contributed by atoms with E-state index in [9.17, 15) is 4.79 Å². The minimum atomic E-state index is -1.01. The standard InChI is InChI=1S/C15H12Br2N2O3/c1-22-14-11(16)6-9(7-12(14)17)8-18-19-13-5-3-2-4-10(13)15(20)21/h2-8,19H,1H3,(H,20,21). The van der Waals surface area contributed by atoms with Crippen LogP contribution in [0.2, 0.25) is 0 Å². The van der Waals surface area contributed by atoms with Gasteiger partial charge in [0, 0.05) is 0 Å². The van der Waals surface area contributed by atoms with Crippen LogP contribution in [0.25, 0.3) is 0 Å². The van der Waals surface area contributed by atoms with E-state index >= 15 is 0 Å². The van der Waals surface area contributed by atoms with Gasteiger partial charge in [0.1, 0.15) is 5.75 Å². The van der Waals surface area contributed by atoms with E-state index in [1.54, 1.807) is 31.5 Å². The van der Waals surface area contributed by atoms with Gasteiger partial charge in [0.05, 0.1) is 33.5 Å². The third-order valence-corrected chi connectivity index (χ3v) is 3.96. The van der Waals surface area contributed by atoms with E-state index in [1.807, 2.05) is 12.1 Å². The van der Waals surface area contributed by atoms with Crippen molar-refractivity contribution in [2.45, 2.75) is 0 Å². The molecule has 2 aromatic rings. The van der Waals surface area contributed by atoms with Gasteiger partial charge in [-0.2, -0.15) is 5.10 Å². The molecule has 22 heavy (non-hydrogen) atoms. The molecule has 0 atom stereocenters. The van der Waals surface area contributed by atoms with E-state index in [0.717, 1.165) is 14.5 Å². The summed E-state index contributed by atoms with van der Waals surface area (Å²) in [4.78, 5) is 11.1. The molecule has 0 saturated carbocycles. The number of halogens is 2. The van der Waals surface area contributed by atoms with Crippen LogP contribution in [0.15, 0.2) is 50.4 Å². The average Bonchev–Trinajstić information content (AvgIpc) is 2.47. The summed E-state index contributed by atoms with van der Waals surface area (Å²) in [5.41, 5.74) is 4.15.